The summed E-state index contributed by atoms with van der Waals surface area (Å²) in [7, 11) is 1.65. The number of likely N-dealkylation sites (tertiary alicyclic amines) is 1. The highest BCUT2D eigenvalue weighted by atomic mass is 16.5. The van der Waals surface area contributed by atoms with E-state index >= 15 is 0 Å². The zero-order valence-electron chi connectivity index (χ0n) is 19.8. The fourth-order valence-corrected chi connectivity index (χ4v) is 4.94. The molecule has 6 nitrogen and oxygen atoms in total. The number of hydrogen-bond donors (Lipinski definition) is 1. The van der Waals surface area contributed by atoms with Gasteiger partial charge in [-0.05, 0) is 80.1 Å². The Morgan fingerprint density at radius 2 is 1.79 bits per heavy atom. The molecule has 1 atom stereocenters. The molecule has 2 aromatic rings. The zero-order chi connectivity index (χ0) is 23.1. The van der Waals surface area contributed by atoms with Gasteiger partial charge in [-0.1, -0.05) is 19.1 Å². The van der Waals surface area contributed by atoms with Crippen molar-refractivity contribution in [1.29, 1.82) is 0 Å². The molecule has 2 aliphatic heterocycles. The van der Waals surface area contributed by atoms with E-state index in [2.05, 4.69) is 17.1 Å². The minimum Gasteiger partial charge on any atom is -0.497 e. The SMILES string of the molecule is COc1ccc(C2(C(=O)Nc3ccc(OCCN4CCC[C@H](C)C4)cc3)CCOCC2)cc1. The minimum atomic E-state index is -0.606. The van der Waals surface area contributed by atoms with Crippen molar-refractivity contribution in [3.05, 3.63) is 54.1 Å². The van der Waals surface area contributed by atoms with Crippen molar-refractivity contribution in [2.75, 3.05) is 51.9 Å². The topological polar surface area (TPSA) is 60.0 Å². The molecule has 0 unspecified atom stereocenters. The third-order valence-corrected chi connectivity index (χ3v) is 6.95. The van der Waals surface area contributed by atoms with Gasteiger partial charge in [0.15, 0.2) is 0 Å². The molecule has 2 aliphatic rings. The molecule has 178 valence electrons. The summed E-state index contributed by atoms with van der Waals surface area (Å²) in [5.74, 6) is 2.39. The van der Waals surface area contributed by atoms with Gasteiger partial charge in [0.2, 0.25) is 5.91 Å². The van der Waals surface area contributed by atoms with E-state index in [1.165, 1.54) is 19.4 Å². The van der Waals surface area contributed by atoms with Crippen molar-refractivity contribution in [3.63, 3.8) is 0 Å². The van der Waals surface area contributed by atoms with Gasteiger partial charge >= 0.3 is 0 Å². The number of piperidine rings is 1. The van der Waals surface area contributed by atoms with Crippen LogP contribution >= 0.6 is 0 Å². The maximum atomic E-state index is 13.5. The summed E-state index contributed by atoms with van der Waals surface area (Å²) in [4.78, 5) is 15.9. The second-order valence-corrected chi connectivity index (χ2v) is 9.30. The number of ether oxygens (including phenoxy) is 3. The first kappa shape index (κ1) is 23.6. The van der Waals surface area contributed by atoms with Crippen LogP contribution in [0.15, 0.2) is 48.5 Å². The van der Waals surface area contributed by atoms with Gasteiger partial charge < -0.3 is 19.5 Å². The van der Waals surface area contributed by atoms with Crippen molar-refractivity contribution in [2.45, 2.75) is 38.0 Å². The molecule has 0 radical (unpaired) electrons. The molecule has 0 bridgehead atoms. The summed E-state index contributed by atoms with van der Waals surface area (Å²) in [6.45, 7) is 7.42. The summed E-state index contributed by atoms with van der Waals surface area (Å²) in [6, 6.07) is 15.5. The first-order chi connectivity index (χ1) is 16.1. The number of benzene rings is 2. The van der Waals surface area contributed by atoms with Crippen LogP contribution in [0.5, 0.6) is 11.5 Å². The monoisotopic (exact) mass is 452 g/mol. The average Bonchev–Trinajstić information content (AvgIpc) is 2.85. The number of carbonyl (C=O) groups excluding carboxylic acids is 1. The number of carbonyl (C=O) groups is 1. The molecule has 4 rings (SSSR count). The molecule has 0 aliphatic carbocycles. The third kappa shape index (κ3) is 5.87. The normalized spacial score (nSPS) is 20.7. The van der Waals surface area contributed by atoms with E-state index in [1.54, 1.807) is 7.11 Å². The predicted molar refractivity (Wildman–Crippen MR) is 130 cm³/mol. The average molecular weight is 453 g/mol. The van der Waals surface area contributed by atoms with E-state index in [9.17, 15) is 4.79 Å². The lowest BCUT2D eigenvalue weighted by molar-refractivity contribution is -0.125. The fraction of sp³-hybridized carbons (Fsp3) is 0.519. The van der Waals surface area contributed by atoms with Crippen LogP contribution in [0.1, 0.15) is 38.2 Å². The Labute approximate surface area is 197 Å². The summed E-state index contributed by atoms with van der Waals surface area (Å²) in [5, 5.41) is 3.13. The molecular weight excluding hydrogens is 416 g/mol. The lowest BCUT2D eigenvalue weighted by atomic mass is 9.73. The summed E-state index contributed by atoms with van der Waals surface area (Å²) < 4.78 is 16.8. The largest absolute Gasteiger partial charge is 0.497 e. The highest BCUT2D eigenvalue weighted by molar-refractivity contribution is 5.99. The van der Waals surface area contributed by atoms with Gasteiger partial charge in [-0.25, -0.2) is 0 Å². The van der Waals surface area contributed by atoms with Crippen molar-refractivity contribution < 1.29 is 19.0 Å². The highest BCUT2D eigenvalue weighted by Crippen LogP contribution is 2.37. The van der Waals surface area contributed by atoms with Crippen molar-refractivity contribution in [3.8, 4) is 11.5 Å². The number of anilines is 1. The molecule has 2 heterocycles. The van der Waals surface area contributed by atoms with E-state index in [4.69, 9.17) is 14.2 Å². The number of nitrogens with zero attached hydrogens (tertiary/aromatic N) is 1. The summed E-state index contributed by atoms with van der Waals surface area (Å²) >= 11 is 0. The molecule has 1 amide bonds. The molecule has 2 fully saturated rings. The molecule has 2 saturated heterocycles. The van der Waals surface area contributed by atoms with Gasteiger partial charge in [0.25, 0.3) is 0 Å². The quantitative estimate of drug-likeness (QED) is 0.639. The molecule has 33 heavy (non-hydrogen) atoms. The van der Waals surface area contributed by atoms with E-state index in [0.29, 0.717) is 32.7 Å². The smallest absolute Gasteiger partial charge is 0.235 e. The standard InChI is InChI=1S/C27H36N2O4/c1-21-4-3-15-29(20-21)16-19-33-25-11-7-23(8-12-25)28-26(30)27(13-17-32-18-14-27)22-5-9-24(31-2)10-6-22/h5-12,21H,3-4,13-20H2,1-2H3,(H,28,30)/t21-/m0/s1. The highest BCUT2D eigenvalue weighted by Gasteiger charge is 2.41. The molecule has 0 spiro atoms. The van der Waals surface area contributed by atoms with Crippen molar-refractivity contribution in [1.82, 2.24) is 4.90 Å². The molecule has 2 aromatic carbocycles. The number of nitrogens with one attached hydrogen (secondary N) is 1. The van der Waals surface area contributed by atoms with Crippen molar-refractivity contribution >= 4 is 11.6 Å². The lowest BCUT2D eigenvalue weighted by Gasteiger charge is -2.36. The van der Waals surface area contributed by atoms with E-state index in [-0.39, 0.29) is 5.91 Å². The van der Waals surface area contributed by atoms with Crippen LogP contribution in [0.2, 0.25) is 0 Å². The van der Waals surface area contributed by atoms with Crippen LogP contribution in [0.3, 0.4) is 0 Å². The second-order valence-electron chi connectivity index (χ2n) is 9.30. The number of amides is 1. The first-order valence-electron chi connectivity index (χ1n) is 12.1. The lowest BCUT2D eigenvalue weighted by Crippen LogP contribution is -2.44. The number of hydrogen-bond acceptors (Lipinski definition) is 5. The Kier molecular flexibility index (Phi) is 7.89. The Bertz CT molecular complexity index is 891. The zero-order valence-corrected chi connectivity index (χ0v) is 19.8. The van der Waals surface area contributed by atoms with Gasteiger partial charge in [0, 0.05) is 32.0 Å². The van der Waals surface area contributed by atoms with Crippen LogP contribution in [0.25, 0.3) is 0 Å². The van der Waals surface area contributed by atoms with Gasteiger partial charge in [0.05, 0.1) is 12.5 Å². The molecule has 1 N–H and O–H groups in total. The van der Waals surface area contributed by atoms with Gasteiger partial charge in [-0.15, -0.1) is 0 Å². The number of methoxy groups -OCH3 is 1. The van der Waals surface area contributed by atoms with Crippen LogP contribution in [0, 0.1) is 5.92 Å². The maximum Gasteiger partial charge on any atom is 0.235 e. The van der Waals surface area contributed by atoms with Gasteiger partial charge in [0.1, 0.15) is 18.1 Å². The Hall–Kier alpha value is -2.57. The summed E-state index contributed by atoms with van der Waals surface area (Å²) in [5.41, 5.74) is 1.17. The summed E-state index contributed by atoms with van der Waals surface area (Å²) in [6.07, 6.45) is 3.92. The minimum absolute atomic E-state index is 0.00357. The Morgan fingerprint density at radius 3 is 2.45 bits per heavy atom. The Balaban J connectivity index is 1.36. The number of rotatable bonds is 8. The third-order valence-electron chi connectivity index (χ3n) is 6.95. The molecule has 0 saturated carbocycles. The van der Waals surface area contributed by atoms with E-state index in [1.807, 2.05) is 48.5 Å². The van der Waals surface area contributed by atoms with Gasteiger partial charge in [-0.2, -0.15) is 0 Å². The Morgan fingerprint density at radius 1 is 1.09 bits per heavy atom. The van der Waals surface area contributed by atoms with Gasteiger partial charge in [-0.3, -0.25) is 9.69 Å². The van der Waals surface area contributed by atoms with Crippen LogP contribution in [-0.2, 0) is 14.9 Å². The van der Waals surface area contributed by atoms with Crippen LogP contribution in [0.4, 0.5) is 5.69 Å². The molecule has 0 aromatic heterocycles. The second kappa shape index (κ2) is 11.0. The van der Waals surface area contributed by atoms with E-state index in [0.717, 1.165) is 41.8 Å². The predicted octanol–water partition coefficient (Wildman–Crippen LogP) is 4.49. The van der Waals surface area contributed by atoms with Crippen molar-refractivity contribution in [2.24, 2.45) is 5.92 Å². The first-order valence-corrected chi connectivity index (χ1v) is 12.1. The molecule has 6 heteroatoms. The molecular formula is C27H36N2O4. The maximum absolute atomic E-state index is 13.5. The van der Waals surface area contributed by atoms with Crippen LogP contribution in [-0.4, -0.2) is 57.4 Å². The fourth-order valence-electron chi connectivity index (χ4n) is 4.94. The van der Waals surface area contributed by atoms with E-state index < -0.39 is 5.41 Å². The van der Waals surface area contributed by atoms with Crippen LogP contribution < -0.4 is 14.8 Å².